The van der Waals surface area contributed by atoms with Crippen LogP contribution >= 0.6 is 0 Å². The number of anilines is 1. The Morgan fingerprint density at radius 3 is 2.84 bits per heavy atom. The standard InChI is InChI=1S/C12H15N5O2/c1-9-7-11(15-8-10(9)17(18)19)13-4-3-12-14-5-6-16(12)2/h5-8H,3-4H2,1-2H3,(H,13,15). The molecular weight excluding hydrogens is 246 g/mol. The van der Waals surface area contributed by atoms with Gasteiger partial charge in [-0.25, -0.2) is 9.97 Å². The highest BCUT2D eigenvalue weighted by Crippen LogP contribution is 2.18. The topological polar surface area (TPSA) is 85.9 Å². The van der Waals surface area contributed by atoms with Crippen LogP contribution in [0.5, 0.6) is 0 Å². The Hall–Kier alpha value is -2.44. The number of pyridine rings is 1. The van der Waals surface area contributed by atoms with E-state index in [-0.39, 0.29) is 5.69 Å². The van der Waals surface area contributed by atoms with Gasteiger partial charge in [-0.15, -0.1) is 0 Å². The fourth-order valence-corrected chi connectivity index (χ4v) is 1.78. The monoisotopic (exact) mass is 261 g/mol. The summed E-state index contributed by atoms with van der Waals surface area (Å²) in [5.41, 5.74) is 0.633. The Labute approximate surface area is 110 Å². The lowest BCUT2D eigenvalue weighted by Gasteiger charge is -2.06. The molecule has 2 heterocycles. The Morgan fingerprint density at radius 2 is 2.26 bits per heavy atom. The van der Waals surface area contributed by atoms with Crippen molar-refractivity contribution in [2.75, 3.05) is 11.9 Å². The van der Waals surface area contributed by atoms with Crippen molar-refractivity contribution in [3.8, 4) is 0 Å². The number of aromatic nitrogens is 3. The van der Waals surface area contributed by atoms with E-state index in [0.717, 1.165) is 12.2 Å². The summed E-state index contributed by atoms with van der Waals surface area (Å²) >= 11 is 0. The summed E-state index contributed by atoms with van der Waals surface area (Å²) in [5.74, 6) is 1.61. The number of aryl methyl sites for hydroxylation is 2. The second-order valence-corrected chi connectivity index (χ2v) is 4.24. The van der Waals surface area contributed by atoms with Crippen LogP contribution in [0.15, 0.2) is 24.7 Å². The van der Waals surface area contributed by atoms with Crippen LogP contribution < -0.4 is 5.32 Å². The van der Waals surface area contributed by atoms with Gasteiger partial charge in [-0.1, -0.05) is 0 Å². The second-order valence-electron chi connectivity index (χ2n) is 4.24. The largest absolute Gasteiger partial charge is 0.370 e. The van der Waals surface area contributed by atoms with Gasteiger partial charge in [0, 0.05) is 38.0 Å². The molecule has 0 aliphatic carbocycles. The van der Waals surface area contributed by atoms with Gasteiger partial charge in [0.05, 0.1) is 4.92 Å². The molecule has 0 unspecified atom stereocenters. The lowest BCUT2D eigenvalue weighted by molar-refractivity contribution is -0.385. The van der Waals surface area contributed by atoms with Crippen LogP contribution in [0, 0.1) is 17.0 Å². The highest BCUT2D eigenvalue weighted by Gasteiger charge is 2.11. The number of hydrogen-bond acceptors (Lipinski definition) is 5. The predicted octanol–water partition coefficient (Wildman–Crippen LogP) is 1.69. The molecule has 2 aromatic rings. The van der Waals surface area contributed by atoms with Crippen molar-refractivity contribution in [2.24, 2.45) is 7.05 Å². The molecule has 0 amide bonds. The molecule has 0 saturated carbocycles. The fourth-order valence-electron chi connectivity index (χ4n) is 1.78. The Balaban J connectivity index is 1.95. The molecule has 0 radical (unpaired) electrons. The first kappa shape index (κ1) is 13.0. The van der Waals surface area contributed by atoms with E-state index in [1.54, 1.807) is 19.2 Å². The minimum Gasteiger partial charge on any atom is -0.370 e. The Bertz CT molecular complexity index is 594. The van der Waals surface area contributed by atoms with Crippen molar-refractivity contribution in [2.45, 2.75) is 13.3 Å². The molecule has 0 aliphatic rings. The van der Waals surface area contributed by atoms with Crippen molar-refractivity contribution < 1.29 is 4.92 Å². The van der Waals surface area contributed by atoms with Gasteiger partial charge in [-0.3, -0.25) is 10.1 Å². The second kappa shape index (κ2) is 5.47. The van der Waals surface area contributed by atoms with E-state index >= 15 is 0 Å². The van der Waals surface area contributed by atoms with Gasteiger partial charge >= 0.3 is 0 Å². The zero-order valence-corrected chi connectivity index (χ0v) is 10.8. The van der Waals surface area contributed by atoms with E-state index < -0.39 is 4.92 Å². The van der Waals surface area contributed by atoms with Crippen molar-refractivity contribution in [1.82, 2.24) is 14.5 Å². The lowest BCUT2D eigenvalue weighted by Crippen LogP contribution is -2.09. The van der Waals surface area contributed by atoms with Crippen LogP contribution in [-0.2, 0) is 13.5 Å². The van der Waals surface area contributed by atoms with Gasteiger partial charge < -0.3 is 9.88 Å². The summed E-state index contributed by atoms with van der Waals surface area (Å²) < 4.78 is 1.95. The minimum absolute atomic E-state index is 0.0367. The number of rotatable bonds is 5. The number of nitrogens with zero attached hydrogens (tertiary/aromatic N) is 4. The minimum atomic E-state index is -0.431. The normalized spacial score (nSPS) is 10.4. The molecule has 0 saturated heterocycles. The number of imidazole rings is 1. The molecule has 0 spiro atoms. The van der Waals surface area contributed by atoms with E-state index in [2.05, 4.69) is 15.3 Å². The van der Waals surface area contributed by atoms with Gasteiger partial charge in [0.1, 0.15) is 17.8 Å². The molecule has 19 heavy (non-hydrogen) atoms. The van der Waals surface area contributed by atoms with Crippen LogP contribution in [0.25, 0.3) is 0 Å². The first-order valence-corrected chi connectivity index (χ1v) is 5.89. The predicted molar refractivity (Wildman–Crippen MR) is 71.0 cm³/mol. The molecule has 7 heteroatoms. The van der Waals surface area contributed by atoms with Crippen LogP contribution in [-0.4, -0.2) is 26.0 Å². The molecule has 2 rings (SSSR count). The molecule has 0 fully saturated rings. The van der Waals surface area contributed by atoms with Gasteiger partial charge in [-0.05, 0) is 13.0 Å². The van der Waals surface area contributed by atoms with Crippen LogP contribution in [0.2, 0.25) is 0 Å². The first-order valence-electron chi connectivity index (χ1n) is 5.89. The first-order chi connectivity index (χ1) is 9.08. The zero-order chi connectivity index (χ0) is 13.8. The third kappa shape index (κ3) is 3.06. The van der Waals surface area contributed by atoms with E-state index in [1.165, 1.54) is 6.20 Å². The molecule has 0 bridgehead atoms. The van der Waals surface area contributed by atoms with Crippen molar-refractivity contribution >= 4 is 11.5 Å². The Kier molecular flexibility index (Phi) is 3.74. The molecule has 0 atom stereocenters. The van der Waals surface area contributed by atoms with Crippen LogP contribution in [0.3, 0.4) is 0 Å². The highest BCUT2D eigenvalue weighted by atomic mass is 16.6. The third-order valence-corrected chi connectivity index (χ3v) is 2.86. The van der Waals surface area contributed by atoms with E-state index in [1.807, 2.05) is 17.8 Å². The van der Waals surface area contributed by atoms with Crippen LogP contribution in [0.1, 0.15) is 11.4 Å². The summed E-state index contributed by atoms with van der Waals surface area (Å²) in [6, 6.07) is 1.68. The maximum atomic E-state index is 10.7. The summed E-state index contributed by atoms with van der Waals surface area (Å²) in [4.78, 5) is 18.5. The molecule has 0 aliphatic heterocycles. The molecule has 0 aromatic carbocycles. The van der Waals surface area contributed by atoms with Gasteiger partial charge in [-0.2, -0.15) is 0 Å². The summed E-state index contributed by atoms with van der Waals surface area (Å²) in [5, 5.41) is 13.8. The van der Waals surface area contributed by atoms with E-state index in [0.29, 0.717) is 17.9 Å². The lowest BCUT2D eigenvalue weighted by atomic mass is 10.2. The number of nitro groups is 1. The quantitative estimate of drug-likeness (QED) is 0.653. The number of nitrogens with one attached hydrogen (secondary N) is 1. The summed E-state index contributed by atoms with van der Waals surface area (Å²) in [6.45, 7) is 2.37. The highest BCUT2D eigenvalue weighted by molar-refractivity contribution is 5.46. The zero-order valence-electron chi connectivity index (χ0n) is 10.8. The molecule has 2 aromatic heterocycles. The molecule has 100 valence electrons. The third-order valence-electron chi connectivity index (χ3n) is 2.86. The van der Waals surface area contributed by atoms with E-state index in [4.69, 9.17) is 0 Å². The maximum absolute atomic E-state index is 10.7. The molecular formula is C12H15N5O2. The van der Waals surface area contributed by atoms with E-state index in [9.17, 15) is 10.1 Å². The van der Waals surface area contributed by atoms with Crippen molar-refractivity contribution in [3.63, 3.8) is 0 Å². The van der Waals surface area contributed by atoms with Crippen molar-refractivity contribution in [3.05, 3.63) is 46.2 Å². The maximum Gasteiger partial charge on any atom is 0.290 e. The fraction of sp³-hybridized carbons (Fsp3) is 0.333. The average Bonchev–Trinajstić information content (AvgIpc) is 2.75. The molecule has 1 N–H and O–H groups in total. The van der Waals surface area contributed by atoms with Gasteiger partial charge in [0.2, 0.25) is 0 Å². The smallest absolute Gasteiger partial charge is 0.290 e. The Morgan fingerprint density at radius 1 is 1.47 bits per heavy atom. The SMILES string of the molecule is Cc1cc(NCCc2nccn2C)ncc1[N+](=O)[O-]. The van der Waals surface area contributed by atoms with Crippen molar-refractivity contribution in [1.29, 1.82) is 0 Å². The molecule has 7 nitrogen and oxygen atoms in total. The average molecular weight is 261 g/mol. The summed E-state index contributed by atoms with van der Waals surface area (Å²) in [7, 11) is 1.94. The van der Waals surface area contributed by atoms with Gasteiger partial charge in [0.25, 0.3) is 5.69 Å². The van der Waals surface area contributed by atoms with Gasteiger partial charge in [0.15, 0.2) is 0 Å². The van der Waals surface area contributed by atoms with Crippen LogP contribution in [0.4, 0.5) is 11.5 Å². The summed E-state index contributed by atoms with van der Waals surface area (Å²) in [6.07, 6.45) is 5.69. The number of hydrogen-bond donors (Lipinski definition) is 1.